The van der Waals surface area contributed by atoms with Gasteiger partial charge in [0, 0.05) is 21.5 Å². The Kier molecular flexibility index (Phi) is 5.15. The third-order valence-electron chi connectivity index (χ3n) is 2.94. The second-order valence-electron chi connectivity index (χ2n) is 4.38. The smallest absolute Gasteiger partial charge is 0.241 e. The second kappa shape index (κ2) is 6.53. The number of sulfonamides is 1. The van der Waals surface area contributed by atoms with E-state index in [0.717, 1.165) is 15.4 Å². The van der Waals surface area contributed by atoms with Gasteiger partial charge in [0.2, 0.25) is 10.0 Å². The van der Waals surface area contributed by atoms with Gasteiger partial charge in [-0.05, 0) is 52.0 Å². The van der Waals surface area contributed by atoms with Gasteiger partial charge < -0.3 is 5.11 Å². The summed E-state index contributed by atoms with van der Waals surface area (Å²) in [6, 6.07) is 4.24. The van der Waals surface area contributed by atoms with Crippen LogP contribution in [0.5, 0.6) is 0 Å². The zero-order valence-electron chi connectivity index (χ0n) is 11.1. The van der Waals surface area contributed by atoms with Crippen molar-refractivity contribution in [1.82, 2.24) is 4.72 Å². The Bertz CT molecular complexity index is 759. The molecule has 0 aliphatic rings. The minimum atomic E-state index is -3.85. The monoisotopic (exact) mass is 393 g/mol. The first-order chi connectivity index (χ1) is 9.85. The highest BCUT2D eigenvalue weighted by molar-refractivity contribution is 9.10. The second-order valence-corrected chi connectivity index (χ2v) is 7.97. The highest BCUT2D eigenvalue weighted by atomic mass is 79.9. The summed E-state index contributed by atoms with van der Waals surface area (Å²) < 4.78 is 41.6. The predicted octanol–water partition coefficient (Wildman–Crippen LogP) is 2.93. The van der Waals surface area contributed by atoms with E-state index in [1.54, 1.807) is 0 Å². The Labute approximate surface area is 134 Å². The maximum Gasteiger partial charge on any atom is 0.241 e. The normalized spacial score (nSPS) is 11.8. The van der Waals surface area contributed by atoms with E-state index in [0.29, 0.717) is 0 Å². The quantitative estimate of drug-likeness (QED) is 0.820. The molecule has 1 aromatic carbocycles. The maximum absolute atomic E-state index is 13.7. The molecular formula is C13H13BrFNO3S2. The van der Waals surface area contributed by atoms with Crippen molar-refractivity contribution in [1.29, 1.82) is 0 Å². The van der Waals surface area contributed by atoms with Crippen LogP contribution < -0.4 is 4.72 Å². The molecule has 0 aliphatic heterocycles. The molecule has 21 heavy (non-hydrogen) atoms. The highest BCUT2D eigenvalue weighted by Gasteiger charge is 2.20. The van der Waals surface area contributed by atoms with Gasteiger partial charge in [0.15, 0.2) is 0 Å². The summed E-state index contributed by atoms with van der Waals surface area (Å²) in [6.45, 7) is 1.09. The summed E-state index contributed by atoms with van der Waals surface area (Å²) in [7, 11) is -3.85. The molecule has 114 valence electrons. The number of hydrogen-bond acceptors (Lipinski definition) is 4. The molecule has 0 atom stereocenters. The number of rotatable bonds is 5. The zero-order chi connectivity index (χ0) is 15.6. The molecule has 2 aromatic rings. The minimum absolute atomic E-state index is 0.0324. The van der Waals surface area contributed by atoms with Crippen LogP contribution in [0.3, 0.4) is 0 Å². The Morgan fingerprint density at radius 1 is 1.43 bits per heavy atom. The van der Waals surface area contributed by atoms with Crippen molar-refractivity contribution in [2.75, 3.05) is 0 Å². The molecule has 2 rings (SSSR count). The Morgan fingerprint density at radius 2 is 2.14 bits per heavy atom. The fourth-order valence-corrected chi connectivity index (χ4v) is 4.59. The van der Waals surface area contributed by atoms with E-state index in [1.165, 1.54) is 24.3 Å². The lowest BCUT2D eigenvalue weighted by atomic mass is 10.1. The van der Waals surface area contributed by atoms with Gasteiger partial charge in [-0.25, -0.2) is 17.5 Å². The van der Waals surface area contributed by atoms with Gasteiger partial charge in [-0.2, -0.15) is 0 Å². The molecule has 0 aliphatic carbocycles. The molecular weight excluding hydrogens is 381 g/mol. The van der Waals surface area contributed by atoms with E-state index in [2.05, 4.69) is 20.7 Å². The van der Waals surface area contributed by atoms with Gasteiger partial charge in [0.05, 0.1) is 11.5 Å². The topological polar surface area (TPSA) is 66.4 Å². The van der Waals surface area contributed by atoms with Crippen LogP contribution in [-0.4, -0.2) is 13.5 Å². The van der Waals surface area contributed by atoms with E-state index in [9.17, 15) is 12.8 Å². The molecule has 0 saturated heterocycles. The number of halogens is 2. The Balaban J connectivity index is 2.31. The maximum atomic E-state index is 13.7. The third-order valence-corrected chi connectivity index (χ3v) is 6.40. The first-order valence-corrected chi connectivity index (χ1v) is 9.12. The van der Waals surface area contributed by atoms with Crippen molar-refractivity contribution in [3.05, 3.63) is 49.9 Å². The SMILES string of the molecule is Cc1c(F)cc(CO)cc1S(=O)(=O)NCc1sccc1Br. The van der Waals surface area contributed by atoms with Crippen LogP contribution in [0.25, 0.3) is 0 Å². The van der Waals surface area contributed by atoms with Crippen LogP contribution in [0, 0.1) is 12.7 Å². The molecule has 4 nitrogen and oxygen atoms in total. The average Bonchev–Trinajstić information content (AvgIpc) is 2.84. The molecule has 0 unspecified atom stereocenters. The molecule has 0 saturated carbocycles. The third kappa shape index (κ3) is 3.70. The van der Waals surface area contributed by atoms with Crippen molar-refractivity contribution >= 4 is 37.3 Å². The van der Waals surface area contributed by atoms with Crippen molar-refractivity contribution < 1.29 is 17.9 Å². The first-order valence-electron chi connectivity index (χ1n) is 5.96. The lowest BCUT2D eigenvalue weighted by molar-refractivity contribution is 0.281. The average molecular weight is 394 g/mol. The number of benzene rings is 1. The molecule has 0 spiro atoms. The van der Waals surface area contributed by atoms with Crippen LogP contribution in [0.2, 0.25) is 0 Å². The molecule has 0 fully saturated rings. The van der Waals surface area contributed by atoms with E-state index in [1.807, 2.05) is 11.4 Å². The van der Waals surface area contributed by atoms with Crippen LogP contribution in [0.4, 0.5) is 4.39 Å². The van der Waals surface area contributed by atoms with Gasteiger partial charge in [-0.3, -0.25) is 0 Å². The Hall–Kier alpha value is -0.800. The molecule has 0 bridgehead atoms. The first kappa shape index (κ1) is 16.6. The standard InChI is InChI=1S/C13H13BrFNO3S2/c1-8-11(15)4-9(7-17)5-13(8)21(18,19)16-6-12-10(14)2-3-20-12/h2-5,16-17H,6-7H2,1H3. The van der Waals surface area contributed by atoms with Gasteiger partial charge in [-0.1, -0.05) is 0 Å². The largest absolute Gasteiger partial charge is 0.392 e. The fourth-order valence-electron chi connectivity index (χ4n) is 1.77. The van der Waals surface area contributed by atoms with E-state index in [4.69, 9.17) is 5.11 Å². The number of aliphatic hydroxyl groups excluding tert-OH is 1. The molecule has 8 heteroatoms. The number of thiophene rings is 1. The fraction of sp³-hybridized carbons (Fsp3) is 0.231. The molecule has 1 aromatic heterocycles. The summed E-state index contributed by atoms with van der Waals surface area (Å²) in [5.41, 5.74) is 0.251. The predicted molar refractivity (Wildman–Crippen MR) is 83.1 cm³/mol. The molecule has 1 heterocycles. The van der Waals surface area contributed by atoms with E-state index >= 15 is 0 Å². The van der Waals surface area contributed by atoms with Crippen LogP contribution in [-0.2, 0) is 23.2 Å². The lowest BCUT2D eigenvalue weighted by Crippen LogP contribution is -2.24. The van der Waals surface area contributed by atoms with Crippen molar-refractivity contribution in [3.63, 3.8) is 0 Å². The van der Waals surface area contributed by atoms with Gasteiger partial charge >= 0.3 is 0 Å². The van der Waals surface area contributed by atoms with Crippen LogP contribution >= 0.6 is 27.3 Å². The molecule has 0 radical (unpaired) electrons. The van der Waals surface area contributed by atoms with Crippen molar-refractivity contribution in [2.45, 2.75) is 25.0 Å². The van der Waals surface area contributed by atoms with Crippen LogP contribution in [0.15, 0.2) is 32.9 Å². The van der Waals surface area contributed by atoms with Crippen LogP contribution in [0.1, 0.15) is 16.0 Å². The minimum Gasteiger partial charge on any atom is -0.392 e. The summed E-state index contributed by atoms with van der Waals surface area (Å²) in [5, 5.41) is 10.9. The molecule has 2 N–H and O–H groups in total. The van der Waals surface area contributed by atoms with Crippen molar-refractivity contribution in [3.8, 4) is 0 Å². The van der Waals surface area contributed by atoms with Gasteiger partial charge in [-0.15, -0.1) is 11.3 Å². The number of nitrogens with one attached hydrogen (secondary N) is 1. The highest BCUT2D eigenvalue weighted by Crippen LogP contribution is 2.24. The summed E-state index contributed by atoms with van der Waals surface area (Å²) in [6.07, 6.45) is 0. The van der Waals surface area contributed by atoms with E-state index < -0.39 is 22.4 Å². The number of aliphatic hydroxyl groups is 1. The zero-order valence-corrected chi connectivity index (χ0v) is 14.3. The summed E-state index contributed by atoms with van der Waals surface area (Å²) >= 11 is 4.73. The Morgan fingerprint density at radius 3 is 2.71 bits per heavy atom. The molecule has 0 amide bonds. The summed E-state index contributed by atoms with van der Waals surface area (Å²) in [5.74, 6) is -0.653. The van der Waals surface area contributed by atoms with Crippen molar-refractivity contribution in [2.24, 2.45) is 0 Å². The van der Waals surface area contributed by atoms with Gasteiger partial charge in [0.25, 0.3) is 0 Å². The lowest BCUT2D eigenvalue weighted by Gasteiger charge is -2.11. The number of hydrogen-bond donors (Lipinski definition) is 2. The van der Waals surface area contributed by atoms with E-state index in [-0.39, 0.29) is 22.6 Å². The summed E-state index contributed by atoms with van der Waals surface area (Å²) in [4.78, 5) is 0.675. The van der Waals surface area contributed by atoms with Gasteiger partial charge in [0.1, 0.15) is 5.82 Å².